The Bertz CT molecular complexity index is 637. The van der Waals surface area contributed by atoms with Crippen molar-refractivity contribution in [3.8, 4) is 0 Å². The Morgan fingerprint density at radius 3 is 2.22 bits per heavy atom. The van der Waals surface area contributed by atoms with Gasteiger partial charge in [0.15, 0.2) is 6.29 Å². The van der Waals surface area contributed by atoms with Gasteiger partial charge in [0, 0.05) is 30.0 Å². The molecule has 3 rings (SSSR count). The lowest BCUT2D eigenvalue weighted by Crippen LogP contribution is -2.31. The van der Waals surface area contributed by atoms with Crippen molar-refractivity contribution < 1.29 is 19.7 Å². The number of ether oxygens (including phenoxy) is 2. The number of thioether (sulfide) groups is 1. The molecule has 146 valence electrons. The molecule has 0 spiro atoms. The summed E-state index contributed by atoms with van der Waals surface area (Å²) in [4.78, 5) is 0. The number of hydrogen-bond acceptors (Lipinski definition) is 6. The van der Waals surface area contributed by atoms with Gasteiger partial charge < -0.3 is 25.4 Å². The largest absolute Gasteiger partial charge is 0.396 e. The smallest absolute Gasteiger partial charge is 0.184 e. The lowest BCUT2D eigenvalue weighted by atomic mass is 10.0. The average molecular weight is 390 g/mol. The molecular weight excluding hydrogens is 362 g/mol. The minimum absolute atomic E-state index is 0.0332. The van der Waals surface area contributed by atoms with Crippen molar-refractivity contribution in [2.24, 2.45) is 5.73 Å². The van der Waals surface area contributed by atoms with Crippen LogP contribution in [0.15, 0.2) is 48.5 Å². The SMILES string of the molecule is NCc1ccc([C@H]2O[C@@H](CSCCO)C[C@@H](c3ccc(CO)cc3)O2)cc1. The fourth-order valence-corrected chi connectivity index (χ4v) is 3.89. The molecule has 1 aliphatic rings. The minimum atomic E-state index is -0.437. The maximum atomic E-state index is 9.25. The second-order valence-electron chi connectivity index (χ2n) is 6.59. The Balaban J connectivity index is 1.77. The summed E-state index contributed by atoms with van der Waals surface area (Å²) in [6.45, 7) is 0.711. The Morgan fingerprint density at radius 2 is 1.59 bits per heavy atom. The second kappa shape index (κ2) is 10.2. The lowest BCUT2D eigenvalue weighted by Gasteiger charge is -2.36. The first-order valence-electron chi connectivity index (χ1n) is 9.21. The van der Waals surface area contributed by atoms with Crippen LogP contribution in [0.25, 0.3) is 0 Å². The molecule has 0 bridgehead atoms. The van der Waals surface area contributed by atoms with Gasteiger partial charge in [-0.3, -0.25) is 0 Å². The van der Waals surface area contributed by atoms with E-state index in [0.29, 0.717) is 12.3 Å². The first-order chi connectivity index (χ1) is 13.2. The van der Waals surface area contributed by atoms with E-state index in [9.17, 15) is 5.11 Å². The summed E-state index contributed by atoms with van der Waals surface area (Å²) in [5.74, 6) is 1.51. The summed E-state index contributed by atoms with van der Waals surface area (Å²) >= 11 is 1.69. The predicted molar refractivity (Wildman–Crippen MR) is 107 cm³/mol. The van der Waals surface area contributed by atoms with Crippen LogP contribution < -0.4 is 5.73 Å². The van der Waals surface area contributed by atoms with Crippen LogP contribution in [0, 0.1) is 0 Å². The average Bonchev–Trinajstić information content (AvgIpc) is 2.74. The number of hydrogen-bond donors (Lipinski definition) is 3. The minimum Gasteiger partial charge on any atom is -0.396 e. The van der Waals surface area contributed by atoms with Gasteiger partial charge in [-0.15, -0.1) is 0 Å². The van der Waals surface area contributed by atoms with Crippen molar-refractivity contribution in [1.29, 1.82) is 0 Å². The molecule has 5 nitrogen and oxygen atoms in total. The topological polar surface area (TPSA) is 84.9 Å². The van der Waals surface area contributed by atoms with E-state index in [1.54, 1.807) is 11.8 Å². The Kier molecular flexibility index (Phi) is 7.70. The Morgan fingerprint density at radius 1 is 0.926 bits per heavy atom. The van der Waals surface area contributed by atoms with E-state index in [0.717, 1.165) is 34.4 Å². The van der Waals surface area contributed by atoms with Gasteiger partial charge in [-0.2, -0.15) is 11.8 Å². The molecule has 2 aromatic rings. The van der Waals surface area contributed by atoms with Gasteiger partial charge in [0.1, 0.15) is 0 Å². The molecule has 1 saturated heterocycles. The number of rotatable bonds is 8. The molecule has 0 aromatic heterocycles. The van der Waals surface area contributed by atoms with E-state index in [2.05, 4.69) is 0 Å². The second-order valence-corrected chi connectivity index (χ2v) is 7.74. The zero-order chi connectivity index (χ0) is 19.1. The van der Waals surface area contributed by atoms with Crippen molar-refractivity contribution in [3.05, 3.63) is 70.8 Å². The van der Waals surface area contributed by atoms with E-state index in [-0.39, 0.29) is 25.4 Å². The van der Waals surface area contributed by atoms with Gasteiger partial charge in [0.05, 0.1) is 25.4 Å². The summed E-state index contributed by atoms with van der Waals surface area (Å²) in [6.07, 6.45) is 0.282. The summed E-state index contributed by atoms with van der Waals surface area (Å²) in [6, 6.07) is 15.9. The fourth-order valence-electron chi connectivity index (χ4n) is 3.11. The molecular formula is C21H27NO4S. The van der Waals surface area contributed by atoms with Crippen LogP contribution in [0.5, 0.6) is 0 Å². The van der Waals surface area contributed by atoms with Crippen LogP contribution in [0.3, 0.4) is 0 Å². The van der Waals surface area contributed by atoms with Crippen molar-refractivity contribution in [2.75, 3.05) is 18.1 Å². The summed E-state index contributed by atoms with van der Waals surface area (Å²) in [5.41, 5.74) is 9.69. The molecule has 27 heavy (non-hydrogen) atoms. The first-order valence-corrected chi connectivity index (χ1v) is 10.4. The molecule has 1 fully saturated rings. The third kappa shape index (κ3) is 5.54. The van der Waals surface area contributed by atoms with Gasteiger partial charge in [-0.25, -0.2) is 0 Å². The van der Waals surface area contributed by atoms with Crippen LogP contribution in [0.4, 0.5) is 0 Å². The maximum absolute atomic E-state index is 9.25. The van der Waals surface area contributed by atoms with E-state index in [1.165, 1.54) is 0 Å². The third-order valence-electron chi connectivity index (χ3n) is 4.64. The van der Waals surface area contributed by atoms with Gasteiger partial charge in [0.25, 0.3) is 0 Å². The normalized spacial score (nSPS) is 22.7. The molecule has 0 amide bonds. The summed E-state index contributed by atoms with van der Waals surface area (Å²) in [7, 11) is 0. The van der Waals surface area contributed by atoms with Crippen molar-refractivity contribution >= 4 is 11.8 Å². The third-order valence-corrected chi connectivity index (χ3v) is 5.72. The Hall–Kier alpha value is -1.41. The van der Waals surface area contributed by atoms with Crippen LogP contribution in [0.1, 0.15) is 41.1 Å². The number of benzene rings is 2. The molecule has 1 aliphatic heterocycles. The highest BCUT2D eigenvalue weighted by Crippen LogP contribution is 2.38. The van der Waals surface area contributed by atoms with E-state index in [1.807, 2.05) is 48.5 Å². The zero-order valence-electron chi connectivity index (χ0n) is 15.3. The molecule has 1 heterocycles. The molecule has 0 unspecified atom stereocenters. The Labute approximate surface area is 164 Å². The number of aliphatic hydroxyl groups is 2. The van der Waals surface area contributed by atoms with Crippen LogP contribution in [-0.4, -0.2) is 34.4 Å². The highest BCUT2D eigenvalue weighted by molar-refractivity contribution is 7.99. The highest BCUT2D eigenvalue weighted by atomic mass is 32.2. The van der Waals surface area contributed by atoms with Crippen LogP contribution in [-0.2, 0) is 22.6 Å². The van der Waals surface area contributed by atoms with Gasteiger partial charge in [0.2, 0.25) is 0 Å². The van der Waals surface area contributed by atoms with E-state index < -0.39 is 6.29 Å². The summed E-state index contributed by atoms with van der Waals surface area (Å²) in [5, 5.41) is 18.3. The molecule has 2 aromatic carbocycles. The molecule has 0 aliphatic carbocycles. The quantitative estimate of drug-likeness (QED) is 0.602. The van der Waals surface area contributed by atoms with Crippen molar-refractivity contribution in [3.63, 3.8) is 0 Å². The zero-order valence-corrected chi connectivity index (χ0v) is 16.1. The fraction of sp³-hybridized carbons (Fsp3) is 0.429. The number of aliphatic hydroxyl groups excluding tert-OH is 2. The molecule has 0 saturated carbocycles. The van der Waals surface area contributed by atoms with Crippen LogP contribution in [0.2, 0.25) is 0 Å². The van der Waals surface area contributed by atoms with E-state index in [4.69, 9.17) is 20.3 Å². The van der Waals surface area contributed by atoms with Crippen LogP contribution >= 0.6 is 11.8 Å². The monoisotopic (exact) mass is 389 g/mol. The standard InChI is InChI=1S/C21H27NO4S/c22-12-15-1-7-18(8-2-15)21-25-19(14-27-10-9-23)11-20(26-21)17-5-3-16(13-24)4-6-17/h1-8,19-21,23-24H,9-14,22H2/t19-,20+,21+/m1/s1. The number of nitrogens with two attached hydrogens (primary N) is 1. The molecule has 6 heteroatoms. The lowest BCUT2D eigenvalue weighted by molar-refractivity contribution is -0.245. The van der Waals surface area contributed by atoms with Crippen molar-refractivity contribution in [2.45, 2.75) is 38.1 Å². The first kappa shape index (κ1) is 20.3. The van der Waals surface area contributed by atoms with Gasteiger partial charge in [-0.1, -0.05) is 48.5 Å². The van der Waals surface area contributed by atoms with E-state index >= 15 is 0 Å². The molecule has 0 radical (unpaired) electrons. The molecule has 3 atom stereocenters. The molecule has 4 N–H and O–H groups in total. The maximum Gasteiger partial charge on any atom is 0.184 e. The van der Waals surface area contributed by atoms with Crippen molar-refractivity contribution in [1.82, 2.24) is 0 Å². The van der Waals surface area contributed by atoms with Gasteiger partial charge >= 0.3 is 0 Å². The highest BCUT2D eigenvalue weighted by Gasteiger charge is 2.32. The predicted octanol–water partition coefficient (Wildman–Crippen LogP) is 2.91. The van der Waals surface area contributed by atoms with Gasteiger partial charge in [-0.05, 0) is 16.7 Å². The summed E-state index contributed by atoms with van der Waals surface area (Å²) < 4.78 is 12.5.